The molecule has 0 N–H and O–H groups in total. The minimum atomic E-state index is -0.641. The lowest BCUT2D eigenvalue weighted by atomic mass is 9.67. The van der Waals surface area contributed by atoms with Crippen LogP contribution in [0.25, 0.3) is 11.3 Å². The Bertz CT molecular complexity index is 1010. The largest absolute Gasteiger partial charge is 0.445 e. The molecule has 6 heteroatoms. The monoisotopic (exact) mass is 383 g/mol. The van der Waals surface area contributed by atoms with E-state index in [1.54, 1.807) is 12.3 Å². The molecule has 0 amide bonds. The first-order chi connectivity index (χ1) is 13.3. The smallest absolute Gasteiger partial charge is 0.206 e. The normalized spacial score (nSPS) is 21.8. The first kappa shape index (κ1) is 18.7. The fourth-order valence-corrected chi connectivity index (χ4v) is 4.21. The Morgan fingerprint density at radius 2 is 1.89 bits per heavy atom. The van der Waals surface area contributed by atoms with Crippen LogP contribution in [-0.4, -0.2) is 15.2 Å². The summed E-state index contributed by atoms with van der Waals surface area (Å²) in [4.78, 5) is 4.43. The van der Waals surface area contributed by atoms with E-state index < -0.39 is 17.0 Å². The molecule has 0 saturated heterocycles. The van der Waals surface area contributed by atoms with Crippen LogP contribution in [0.2, 0.25) is 0 Å². The molecule has 4 nitrogen and oxygen atoms in total. The predicted molar refractivity (Wildman–Crippen MR) is 102 cm³/mol. The van der Waals surface area contributed by atoms with Gasteiger partial charge in [0.05, 0.1) is 28.6 Å². The molecule has 0 radical (unpaired) electrons. The summed E-state index contributed by atoms with van der Waals surface area (Å²) in [5, 5.41) is 8.67. The number of aromatic nitrogens is 3. The van der Waals surface area contributed by atoms with Gasteiger partial charge in [0, 0.05) is 0 Å². The number of benzene rings is 1. The quantitative estimate of drug-likeness (QED) is 0.594. The van der Waals surface area contributed by atoms with Crippen molar-refractivity contribution in [2.24, 2.45) is 5.92 Å². The van der Waals surface area contributed by atoms with Crippen molar-refractivity contribution in [2.75, 3.05) is 0 Å². The number of hydrogen-bond acceptors (Lipinski definition) is 4. The molecule has 2 atom stereocenters. The van der Waals surface area contributed by atoms with Crippen LogP contribution in [0.4, 0.5) is 8.78 Å². The third-order valence-corrected chi connectivity index (χ3v) is 5.82. The summed E-state index contributed by atoms with van der Waals surface area (Å²) in [5.74, 6) is 0.643. The van der Waals surface area contributed by atoms with E-state index in [4.69, 9.17) is 4.42 Å². The van der Waals surface area contributed by atoms with E-state index in [9.17, 15) is 8.78 Å². The number of hydrogen-bond donors (Lipinski definition) is 0. The molecule has 0 aliphatic heterocycles. The number of fused-ring (bicyclic) bond motifs is 1. The zero-order valence-electron chi connectivity index (χ0n) is 16.5. The highest BCUT2D eigenvalue weighted by atomic mass is 19.1. The maximum atomic E-state index is 14.3. The number of halogens is 2. The van der Waals surface area contributed by atoms with Crippen LogP contribution in [0.15, 0.2) is 34.9 Å². The fraction of sp³-hybridized carbons (Fsp3) is 0.409. The van der Waals surface area contributed by atoms with E-state index in [-0.39, 0.29) is 17.2 Å². The van der Waals surface area contributed by atoms with Gasteiger partial charge in [-0.3, -0.25) is 0 Å². The first-order valence-corrected chi connectivity index (χ1v) is 9.56. The van der Waals surface area contributed by atoms with Crippen LogP contribution in [0.1, 0.15) is 62.4 Å². The summed E-state index contributed by atoms with van der Waals surface area (Å²) in [7, 11) is 0. The number of oxazole rings is 1. The lowest BCUT2D eigenvalue weighted by molar-refractivity contribution is 0.297. The van der Waals surface area contributed by atoms with Gasteiger partial charge in [0.25, 0.3) is 0 Å². The maximum absolute atomic E-state index is 14.3. The average Bonchev–Trinajstić information content (AvgIpc) is 3.09. The van der Waals surface area contributed by atoms with Crippen molar-refractivity contribution in [1.29, 1.82) is 0 Å². The molecule has 0 spiro atoms. The summed E-state index contributed by atoms with van der Waals surface area (Å²) in [6.07, 6.45) is 3.43. The van der Waals surface area contributed by atoms with Gasteiger partial charge in [-0.1, -0.05) is 19.9 Å². The lowest BCUT2D eigenvalue weighted by Crippen LogP contribution is -2.34. The van der Waals surface area contributed by atoms with Gasteiger partial charge in [-0.25, -0.2) is 13.8 Å². The molecule has 2 aromatic heterocycles. The van der Waals surface area contributed by atoms with Crippen molar-refractivity contribution in [2.45, 2.75) is 51.9 Å². The molecule has 1 aliphatic carbocycles. The highest BCUT2D eigenvalue weighted by Crippen LogP contribution is 2.48. The van der Waals surface area contributed by atoms with Crippen molar-refractivity contribution in [3.8, 4) is 11.3 Å². The van der Waals surface area contributed by atoms with Crippen molar-refractivity contribution in [1.82, 2.24) is 15.2 Å². The second kappa shape index (κ2) is 6.76. The number of nitrogens with zero attached hydrogens (tertiary/aromatic N) is 3. The van der Waals surface area contributed by atoms with Gasteiger partial charge in [0.2, 0.25) is 5.89 Å². The third kappa shape index (κ3) is 2.91. The molecule has 0 bridgehead atoms. The van der Waals surface area contributed by atoms with E-state index in [0.29, 0.717) is 11.8 Å². The Kier molecular flexibility index (Phi) is 4.52. The van der Waals surface area contributed by atoms with E-state index >= 15 is 0 Å². The van der Waals surface area contributed by atoms with Gasteiger partial charge in [-0.15, -0.1) is 5.10 Å². The van der Waals surface area contributed by atoms with Crippen molar-refractivity contribution >= 4 is 0 Å². The Morgan fingerprint density at radius 1 is 1.18 bits per heavy atom. The Balaban J connectivity index is 1.91. The van der Waals surface area contributed by atoms with Crippen LogP contribution in [-0.2, 0) is 5.41 Å². The first-order valence-electron chi connectivity index (χ1n) is 9.56. The lowest BCUT2D eigenvalue weighted by Gasteiger charge is -2.37. The van der Waals surface area contributed by atoms with Gasteiger partial charge in [0.1, 0.15) is 17.4 Å². The Hall–Kier alpha value is -2.63. The van der Waals surface area contributed by atoms with E-state index in [2.05, 4.69) is 29.0 Å². The predicted octanol–water partition coefficient (Wildman–Crippen LogP) is 5.56. The van der Waals surface area contributed by atoms with Crippen molar-refractivity contribution in [3.05, 3.63) is 65.0 Å². The Morgan fingerprint density at radius 3 is 2.50 bits per heavy atom. The molecule has 28 heavy (non-hydrogen) atoms. The highest BCUT2D eigenvalue weighted by molar-refractivity contribution is 5.62. The Labute approximate surface area is 163 Å². The number of rotatable bonds is 3. The SMILES string of the molecule is Cc1cnc([C@@]2(C)CC[C@H](C(C)C)c3cc(-c4c(F)cccc4F)nnc32)o1. The second-order valence-electron chi connectivity index (χ2n) is 8.13. The van der Waals surface area contributed by atoms with E-state index in [1.165, 1.54) is 18.2 Å². The van der Waals surface area contributed by atoms with Gasteiger partial charge in [-0.05, 0) is 62.3 Å². The topological polar surface area (TPSA) is 51.8 Å². The zero-order valence-corrected chi connectivity index (χ0v) is 16.5. The molecule has 4 rings (SSSR count). The average molecular weight is 383 g/mol. The molecule has 146 valence electrons. The molecule has 0 unspecified atom stereocenters. The van der Waals surface area contributed by atoms with Crippen LogP contribution in [0.5, 0.6) is 0 Å². The molecule has 0 saturated carbocycles. The highest BCUT2D eigenvalue weighted by Gasteiger charge is 2.43. The summed E-state index contributed by atoms with van der Waals surface area (Å²) >= 11 is 0. The van der Waals surface area contributed by atoms with Gasteiger partial charge in [-0.2, -0.15) is 5.10 Å². The molecular formula is C22H23F2N3O. The number of aryl methyl sites for hydroxylation is 1. The van der Waals surface area contributed by atoms with Crippen LogP contribution >= 0.6 is 0 Å². The summed E-state index contributed by atoms with van der Waals surface area (Å²) in [6, 6.07) is 5.61. The maximum Gasteiger partial charge on any atom is 0.206 e. The summed E-state index contributed by atoms with van der Waals surface area (Å²) in [6.45, 7) is 8.20. The summed E-state index contributed by atoms with van der Waals surface area (Å²) in [5.41, 5.74) is 1.30. The second-order valence-corrected chi connectivity index (χ2v) is 8.13. The molecular weight excluding hydrogens is 360 g/mol. The fourth-order valence-electron chi connectivity index (χ4n) is 4.21. The van der Waals surface area contributed by atoms with E-state index in [0.717, 1.165) is 29.9 Å². The molecule has 1 aromatic carbocycles. The standard InChI is InChI=1S/C22H23F2N3O/c1-12(2)14-8-9-22(4,21-25-11-13(3)28-21)20-15(14)10-18(26-27-20)19-16(23)6-5-7-17(19)24/h5-7,10-12,14H,8-9H2,1-4H3/t14-,22+/m1/s1. The van der Waals surface area contributed by atoms with Crippen molar-refractivity contribution < 1.29 is 13.2 Å². The minimum Gasteiger partial charge on any atom is -0.445 e. The van der Waals surface area contributed by atoms with Crippen LogP contribution in [0, 0.1) is 24.5 Å². The third-order valence-electron chi connectivity index (χ3n) is 5.82. The molecule has 1 aliphatic rings. The minimum absolute atomic E-state index is 0.139. The molecule has 3 aromatic rings. The van der Waals surface area contributed by atoms with Crippen molar-refractivity contribution in [3.63, 3.8) is 0 Å². The molecule has 0 fully saturated rings. The summed E-state index contributed by atoms with van der Waals surface area (Å²) < 4.78 is 34.5. The van der Waals surface area contributed by atoms with E-state index in [1.807, 2.05) is 13.8 Å². The van der Waals surface area contributed by atoms with Gasteiger partial charge in [0.15, 0.2) is 0 Å². The molecule has 2 heterocycles. The van der Waals surface area contributed by atoms with Crippen LogP contribution < -0.4 is 0 Å². The zero-order chi connectivity index (χ0) is 20.1. The van der Waals surface area contributed by atoms with Gasteiger partial charge < -0.3 is 4.42 Å². The van der Waals surface area contributed by atoms with Gasteiger partial charge >= 0.3 is 0 Å². The van der Waals surface area contributed by atoms with Crippen LogP contribution in [0.3, 0.4) is 0 Å².